The maximum atomic E-state index is 14.0. The van der Waals surface area contributed by atoms with Crippen molar-refractivity contribution < 1.29 is 23.5 Å². The summed E-state index contributed by atoms with van der Waals surface area (Å²) in [5.41, 5.74) is 3.19. The first-order valence-corrected chi connectivity index (χ1v) is 10.8. The van der Waals surface area contributed by atoms with Gasteiger partial charge in [0, 0.05) is 20.1 Å². The lowest BCUT2D eigenvalue weighted by molar-refractivity contribution is -0.169. The maximum Gasteiger partial charge on any atom is 0.235 e. The number of amides is 2. The third-order valence-corrected chi connectivity index (χ3v) is 7.47. The Morgan fingerprint density at radius 2 is 1.53 bits per heavy atom. The predicted molar refractivity (Wildman–Crippen MR) is 115 cm³/mol. The van der Waals surface area contributed by atoms with Crippen LogP contribution >= 0.6 is 0 Å². The van der Waals surface area contributed by atoms with Crippen molar-refractivity contribution in [3.63, 3.8) is 0 Å². The van der Waals surface area contributed by atoms with Gasteiger partial charge >= 0.3 is 0 Å². The van der Waals surface area contributed by atoms with Crippen molar-refractivity contribution in [3.8, 4) is 0 Å². The van der Waals surface area contributed by atoms with Gasteiger partial charge in [-0.15, -0.1) is 0 Å². The number of carbonyl (C=O) groups excluding carboxylic acids is 2. The molecular weight excluding hydrogens is 406 g/mol. The number of ether oxygens (including phenoxy) is 2. The lowest BCUT2D eigenvalue weighted by atomic mass is 9.47. The highest BCUT2D eigenvalue weighted by molar-refractivity contribution is 6.08. The number of hydrogen-bond acceptors (Lipinski definition) is 5. The number of imide groups is 1. The second-order valence-electron chi connectivity index (χ2n) is 8.67. The smallest absolute Gasteiger partial charge is 0.235 e. The van der Waals surface area contributed by atoms with E-state index in [2.05, 4.69) is 12.1 Å². The van der Waals surface area contributed by atoms with Crippen molar-refractivity contribution in [1.82, 2.24) is 4.90 Å². The summed E-state index contributed by atoms with van der Waals surface area (Å²) in [5, 5.41) is 0. The molecule has 2 aromatic carbocycles. The fourth-order valence-electron chi connectivity index (χ4n) is 6.47. The average Bonchev–Trinajstić information content (AvgIpc) is 3.43. The van der Waals surface area contributed by atoms with Crippen molar-refractivity contribution in [3.05, 3.63) is 94.9 Å². The molecule has 0 spiro atoms. The van der Waals surface area contributed by atoms with Gasteiger partial charge in [-0.2, -0.15) is 0 Å². The molecule has 7 rings (SSSR count). The Bertz CT molecular complexity index is 1160. The van der Waals surface area contributed by atoms with E-state index in [1.165, 1.54) is 4.90 Å². The molecule has 162 valence electrons. The van der Waals surface area contributed by atoms with Gasteiger partial charge in [-0.3, -0.25) is 14.5 Å². The van der Waals surface area contributed by atoms with E-state index in [1.807, 2.05) is 36.4 Å². The standard InChI is InChI=1S/C26H23NO5/c1-30-25(31-2)26-18-11-5-3-9-16(18)20(17-10-4-6-12-19(17)26)21-22(26)24(29)27(23(21)28)14-15-8-7-13-32-15/h3-13,20-22,25H,14H2,1-2H3/t20?,21-,22+,26?/m1/s1. The van der Waals surface area contributed by atoms with Gasteiger partial charge in [0.15, 0.2) is 6.29 Å². The summed E-state index contributed by atoms with van der Waals surface area (Å²) in [5.74, 6) is -1.12. The molecule has 2 atom stereocenters. The van der Waals surface area contributed by atoms with E-state index in [9.17, 15) is 9.59 Å². The summed E-state index contributed by atoms with van der Waals surface area (Å²) >= 11 is 0. The molecule has 2 bridgehead atoms. The van der Waals surface area contributed by atoms with Crippen molar-refractivity contribution in [2.45, 2.75) is 24.2 Å². The van der Waals surface area contributed by atoms with Crippen LogP contribution in [0.4, 0.5) is 0 Å². The van der Waals surface area contributed by atoms with Crippen LogP contribution < -0.4 is 0 Å². The molecule has 1 aliphatic heterocycles. The topological polar surface area (TPSA) is 69.0 Å². The Labute approximate surface area is 185 Å². The Morgan fingerprint density at radius 3 is 2.09 bits per heavy atom. The fraction of sp³-hybridized carbons (Fsp3) is 0.308. The highest BCUT2D eigenvalue weighted by Crippen LogP contribution is 2.65. The molecule has 1 saturated heterocycles. The molecule has 3 aliphatic carbocycles. The van der Waals surface area contributed by atoms with E-state index in [4.69, 9.17) is 13.9 Å². The number of methoxy groups -OCH3 is 2. The second kappa shape index (κ2) is 6.89. The molecule has 1 fully saturated rings. The van der Waals surface area contributed by atoms with Crippen molar-refractivity contribution >= 4 is 11.8 Å². The molecule has 0 radical (unpaired) electrons. The van der Waals surface area contributed by atoms with E-state index >= 15 is 0 Å². The molecule has 6 nitrogen and oxygen atoms in total. The number of likely N-dealkylation sites (tertiary alicyclic amines) is 1. The maximum absolute atomic E-state index is 14.0. The van der Waals surface area contributed by atoms with Gasteiger partial charge in [0.05, 0.1) is 30.1 Å². The third kappa shape index (κ3) is 2.21. The zero-order valence-corrected chi connectivity index (χ0v) is 17.9. The molecule has 32 heavy (non-hydrogen) atoms. The summed E-state index contributed by atoms with van der Waals surface area (Å²) in [6.07, 6.45) is 0.815. The summed E-state index contributed by atoms with van der Waals surface area (Å²) in [6.45, 7) is 0.123. The Kier molecular flexibility index (Phi) is 4.19. The van der Waals surface area contributed by atoms with Crippen LogP contribution in [-0.2, 0) is 31.0 Å². The number of hydrogen-bond donors (Lipinski definition) is 0. The van der Waals surface area contributed by atoms with Gasteiger partial charge in [-0.25, -0.2) is 0 Å². The number of benzene rings is 2. The minimum Gasteiger partial charge on any atom is -0.467 e. The third-order valence-electron chi connectivity index (χ3n) is 7.47. The molecule has 4 aliphatic rings. The van der Waals surface area contributed by atoms with Gasteiger partial charge in [0.1, 0.15) is 5.76 Å². The van der Waals surface area contributed by atoms with Crippen LogP contribution in [0.3, 0.4) is 0 Å². The van der Waals surface area contributed by atoms with Crippen LogP contribution in [-0.4, -0.2) is 37.2 Å². The number of nitrogens with zero attached hydrogens (tertiary/aromatic N) is 1. The Balaban J connectivity index is 1.64. The van der Waals surface area contributed by atoms with Crippen LogP contribution in [0, 0.1) is 11.8 Å². The van der Waals surface area contributed by atoms with Gasteiger partial charge < -0.3 is 13.9 Å². The van der Waals surface area contributed by atoms with Crippen molar-refractivity contribution in [2.75, 3.05) is 14.2 Å². The van der Waals surface area contributed by atoms with E-state index in [-0.39, 0.29) is 24.3 Å². The molecule has 2 amide bonds. The molecular formula is C26H23NO5. The molecule has 6 heteroatoms. The average molecular weight is 429 g/mol. The molecule has 0 N–H and O–H groups in total. The monoisotopic (exact) mass is 429 g/mol. The van der Waals surface area contributed by atoms with E-state index in [0.717, 1.165) is 22.3 Å². The van der Waals surface area contributed by atoms with Gasteiger partial charge in [-0.1, -0.05) is 48.5 Å². The molecule has 0 unspecified atom stereocenters. The van der Waals surface area contributed by atoms with Crippen LogP contribution in [0.15, 0.2) is 71.3 Å². The summed E-state index contributed by atoms with van der Waals surface area (Å²) in [4.78, 5) is 29.1. The quantitative estimate of drug-likeness (QED) is 0.459. The minimum absolute atomic E-state index is 0.123. The normalized spacial score (nSPS) is 27.6. The lowest BCUT2D eigenvalue weighted by Gasteiger charge is -2.56. The van der Waals surface area contributed by atoms with Gasteiger partial charge in [0.25, 0.3) is 0 Å². The van der Waals surface area contributed by atoms with Crippen molar-refractivity contribution in [1.29, 1.82) is 0 Å². The van der Waals surface area contributed by atoms with Gasteiger partial charge in [-0.05, 0) is 34.4 Å². The summed E-state index contributed by atoms with van der Waals surface area (Å²) in [6, 6.07) is 19.7. The molecule has 0 saturated carbocycles. The highest BCUT2D eigenvalue weighted by atomic mass is 16.7. The van der Waals surface area contributed by atoms with Crippen LogP contribution in [0.1, 0.15) is 33.9 Å². The second-order valence-corrected chi connectivity index (χ2v) is 8.67. The van der Waals surface area contributed by atoms with Gasteiger partial charge in [0.2, 0.25) is 11.8 Å². The van der Waals surface area contributed by atoms with Crippen molar-refractivity contribution in [2.24, 2.45) is 11.8 Å². The van der Waals surface area contributed by atoms with Crippen LogP contribution in [0.2, 0.25) is 0 Å². The van der Waals surface area contributed by atoms with E-state index in [0.29, 0.717) is 5.76 Å². The van der Waals surface area contributed by atoms with E-state index in [1.54, 1.807) is 32.6 Å². The van der Waals surface area contributed by atoms with E-state index < -0.39 is 23.5 Å². The predicted octanol–water partition coefficient (Wildman–Crippen LogP) is 3.44. The SMILES string of the molecule is COC(OC)C12c3ccccc3C(c3ccccc31)[C@H]1C(=O)N(Cc3ccco3)C(=O)[C@H]12. The largest absolute Gasteiger partial charge is 0.467 e. The summed E-state index contributed by atoms with van der Waals surface area (Å²) in [7, 11) is 3.18. The number of furan rings is 1. The minimum atomic E-state index is -0.930. The molecule has 2 heterocycles. The Hall–Kier alpha value is -3.22. The first-order chi connectivity index (χ1) is 15.6. The first kappa shape index (κ1) is 19.5. The molecule has 1 aromatic heterocycles. The zero-order chi connectivity index (χ0) is 22.0. The number of carbonyl (C=O) groups is 2. The van der Waals surface area contributed by atoms with Crippen LogP contribution in [0.5, 0.6) is 0 Å². The Morgan fingerprint density at radius 1 is 0.906 bits per heavy atom. The van der Waals surface area contributed by atoms with Crippen LogP contribution in [0.25, 0.3) is 0 Å². The first-order valence-electron chi connectivity index (χ1n) is 10.8. The number of rotatable bonds is 5. The molecule has 3 aromatic rings. The lowest BCUT2D eigenvalue weighted by Crippen LogP contribution is -2.60. The summed E-state index contributed by atoms with van der Waals surface area (Å²) < 4.78 is 17.2. The fourth-order valence-corrected chi connectivity index (χ4v) is 6.47. The highest BCUT2D eigenvalue weighted by Gasteiger charge is 2.70. The zero-order valence-electron chi connectivity index (χ0n) is 17.9.